The van der Waals surface area contributed by atoms with Gasteiger partial charge in [-0.2, -0.15) is 0 Å². The molecule has 28 heavy (non-hydrogen) atoms. The number of rotatable bonds is 6. The van der Waals surface area contributed by atoms with Crippen LogP contribution in [0.3, 0.4) is 0 Å². The summed E-state index contributed by atoms with van der Waals surface area (Å²) in [5.41, 5.74) is 4.05. The average molecular weight is 412 g/mol. The van der Waals surface area contributed by atoms with Crippen LogP contribution < -0.4 is 4.74 Å². The number of hydrogen-bond donors (Lipinski definition) is 1. The molecule has 0 atom stereocenters. The highest BCUT2D eigenvalue weighted by Gasteiger charge is 2.11. The fourth-order valence-electron chi connectivity index (χ4n) is 3.27. The molecule has 1 aromatic heterocycles. The largest absolute Gasteiger partial charge is 0.489 e. The molecule has 142 valence electrons. The van der Waals surface area contributed by atoms with Crippen molar-refractivity contribution in [2.24, 2.45) is 0 Å². The Morgan fingerprint density at radius 3 is 2.43 bits per heavy atom. The van der Waals surface area contributed by atoms with Crippen LogP contribution >= 0.6 is 23.2 Å². The Kier molecular flexibility index (Phi) is 5.58. The minimum atomic E-state index is -0.0347. The molecule has 0 aliphatic carbocycles. The van der Waals surface area contributed by atoms with E-state index in [0.29, 0.717) is 23.2 Å². The third-order valence-electron chi connectivity index (χ3n) is 4.69. The molecule has 0 saturated heterocycles. The van der Waals surface area contributed by atoms with Gasteiger partial charge in [0.05, 0.1) is 16.7 Å². The van der Waals surface area contributed by atoms with Gasteiger partial charge in [-0.3, -0.25) is 0 Å². The number of nitrogens with zero attached hydrogens (tertiary/aromatic N) is 1. The van der Waals surface area contributed by atoms with Crippen LogP contribution in [0.15, 0.2) is 72.9 Å². The fourth-order valence-corrected chi connectivity index (χ4v) is 3.59. The van der Waals surface area contributed by atoms with Crippen molar-refractivity contribution in [3.05, 3.63) is 99.7 Å². The molecule has 3 aromatic carbocycles. The fraction of sp³-hybridized carbons (Fsp3) is 0.130. The number of halogens is 2. The molecule has 0 amide bonds. The van der Waals surface area contributed by atoms with Crippen molar-refractivity contribution in [3.8, 4) is 5.75 Å². The maximum Gasteiger partial charge on any atom is 0.120 e. The van der Waals surface area contributed by atoms with E-state index in [1.165, 1.54) is 0 Å². The molecule has 0 aliphatic rings. The highest BCUT2D eigenvalue weighted by atomic mass is 35.5. The molecule has 3 nitrogen and oxygen atoms in total. The van der Waals surface area contributed by atoms with Crippen LogP contribution in [0, 0.1) is 0 Å². The summed E-state index contributed by atoms with van der Waals surface area (Å²) in [6.07, 6.45) is 1.97. The van der Waals surface area contributed by atoms with Crippen molar-refractivity contribution in [3.63, 3.8) is 0 Å². The zero-order valence-electron chi connectivity index (χ0n) is 15.1. The zero-order chi connectivity index (χ0) is 19.5. The number of aromatic nitrogens is 1. The number of ether oxygens (including phenoxy) is 1. The Hall–Kier alpha value is -2.46. The number of aliphatic hydroxyl groups excluding tert-OH is 1. The number of fused-ring (bicyclic) bond motifs is 1. The Bertz CT molecular complexity index is 1110. The number of aliphatic hydroxyl groups is 1. The normalized spacial score (nSPS) is 11.1. The number of hydrogen-bond acceptors (Lipinski definition) is 2. The highest BCUT2D eigenvalue weighted by molar-refractivity contribution is 6.42. The molecule has 4 aromatic rings. The first-order valence-electron chi connectivity index (χ1n) is 8.97. The molecule has 0 saturated carbocycles. The van der Waals surface area contributed by atoms with Gasteiger partial charge in [0.15, 0.2) is 0 Å². The van der Waals surface area contributed by atoms with Gasteiger partial charge in [0.25, 0.3) is 0 Å². The summed E-state index contributed by atoms with van der Waals surface area (Å²) in [5.74, 6) is 0.776. The van der Waals surface area contributed by atoms with Crippen LogP contribution in [-0.2, 0) is 19.8 Å². The Morgan fingerprint density at radius 2 is 1.68 bits per heavy atom. The molecule has 0 aliphatic heterocycles. The predicted molar refractivity (Wildman–Crippen MR) is 114 cm³/mol. The maximum absolute atomic E-state index is 9.80. The summed E-state index contributed by atoms with van der Waals surface area (Å²) in [6.45, 7) is 1.11. The predicted octanol–water partition coefficient (Wildman–Crippen LogP) is 6.07. The second-order valence-corrected chi connectivity index (χ2v) is 7.46. The monoisotopic (exact) mass is 411 g/mol. The lowest BCUT2D eigenvalue weighted by Gasteiger charge is -2.09. The second kappa shape index (κ2) is 8.27. The van der Waals surface area contributed by atoms with E-state index in [1.54, 1.807) is 6.07 Å². The first kappa shape index (κ1) is 18.9. The molecule has 0 radical (unpaired) electrons. The molecular weight excluding hydrogens is 393 g/mol. The molecule has 0 fully saturated rings. The van der Waals surface area contributed by atoms with Crippen LogP contribution in [0.4, 0.5) is 0 Å². The molecule has 4 rings (SSSR count). The van der Waals surface area contributed by atoms with E-state index in [-0.39, 0.29) is 6.61 Å². The molecular formula is C23H19Cl2NO2. The van der Waals surface area contributed by atoms with Crippen molar-refractivity contribution in [2.75, 3.05) is 0 Å². The van der Waals surface area contributed by atoms with Crippen LogP contribution in [0.25, 0.3) is 10.9 Å². The van der Waals surface area contributed by atoms with Crippen LogP contribution in [0.2, 0.25) is 10.0 Å². The van der Waals surface area contributed by atoms with E-state index in [4.69, 9.17) is 27.9 Å². The molecule has 5 heteroatoms. The third kappa shape index (κ3) is 4.02. The van der Waals surface area contributed by atoms with E-state index in [9.17, 15) is 5.11 Å². The van der Waals surface area contributed by atoms with Gasteiger partial charge in [0, 0.05) is 29.2 Å². The average Bonchev–Trinajstić information content (AvgIpc) is 3.07. The van der Waals surface area contributed by atoms with Crippen LogP contribution in [-0.4, -0.2) is 9.67 Å². The maximum atomic E-state index is 9.80. The Balaban J connectivity index is 1.61. The summed E-state index contributed by atoms with van der Waals surface area (Å²) in [6, 6.07) is 21.6. The van der Waals surface area contributed by atoms with E-state index in [2.05, 4.69) is 4.57 Å². The van der Waals surface area contributed by atoms with Gasteiger partial charge in [0.2, 0.25) is 0 Å². The van der Waals surface area contributed by atoms with Gasteiger partial charge in [-0.15, -0.1) is 0 Å². The minimum absolute atomic E-state index is 0.0347. The van der Waals surface area contributed by atoms with Crippen molar-refractivity contribution in [2.45, 2.75) is 19.8 Å². The van der Waals surface area contributed by atoms with E-state index in [0.717, 1.165) is 33.3 Å². The van der Waals surface area contributed by atoms with Crippen molar-refractivity contribution in [1.82, 2.24) is 4.57 Å². The Morgan fingerprint density at radius 1 is 0.857 bits per heavy atom. The quantitative estimate of drug-likeness (QED) is 0.417. The summed E-state index contributed by atoms with van der Waals surface area (Å²) >= 11 is 12.2. The summed E-state index contributed by atoms with van der Waals surface area (Å²) < 4.78 is 8.03. The molecule has 0 unspecified atom stereocenters. The summed E-state index contributed by atoms with van der Waals surface area (Å²) in [4.78, 5) is 0. The van der Waals surface area contributed by atoms with Gasteiger partial charge in [-0.05, 0) is 41.5 Å². The first-order valence-corrected chi connectivity index (χ1v) is 9.73. The van der Waals surface area contributed by atoms with Gasteiger partial charge in [-0.1, -0.05) is 59.6 Å². The van der Waals surface area contributed by atoms with Gasteiger partial charge >= 0.3 is 0 Å². The van der Waals surface area contributed by atoms with E-state index >= 15 is 0 Å². The van der Waals surface area contributed by atoms with E-state index < -0.39 is 0 Å². The molecule has 0 bridgehead atoms. The highest BCUT2D eigenvalue weighted by Crippen LogP contribution is 2.29. The number of benzene rings is 3. The van der Waals surface area contributed by atoms with Crippen LogP contribution in [0.1, 0.15) is 16.7 Å². The van der Waals surface area contributed by atoms with E-state index in [1.807, 2.05) is 66.9 Å². The zero-order valence-corrected chi connectivity index (χ0v) is 16.6. The topological polar surface area (TPSA) is 34.4 Å². The lowest BCUT2D eigenvalue weighted by Crippen LogP contribution is -1.98. The van der Waals surface area contributed by atoms with Crippen molar-refractivity contribution >= 4 is 34.1 Å². The molecule has 1 N–H and O–H groups in total. The molecule has 1 heterocycles. The van der Waals surface area contributed by atoms with Crippen LogP contribution in [0.5, 0.6) is 5.75 Å². The lowest BCUT2D eigenvalue weighted by atomic mass is 10.1. The van der Waals surface area contributed by atoms with Gasteiger partial charge in [-0.25, -0.2) is 0 Å². The summed E-state index contributed by atoms with van der Waals surface area (Å²) in [7, 11) is 0. The first-order chi connectivity index (χ1) is 13.6. The second-order valence-electron chi connectivity index (χ2n) is 6.64. The summed E-state index contributed by atoms with van der Waals surface area (Å²) in [5, 5.41) is 11.9. The van der Waals surface area contributed by atoms with Crippen molar-refractivity contribution in [1.29, 1.82) is 0 Å². The third-order valence-corrected chi connectivity index (χ3v) is 5.43. The minimum Gasteiger partial charge on any atom is -0.489 e. The standard InChI is InChI=1S/C23H19Cl2NO2/c24-21-8-6-17(10-22(21)25)12-26-13-18(14-27)20-11-19(7-9-23(20)26)28-15-16-4-2-1-3-5-16/h1-11,13,27H,12,14-15H2. The Labute approximate surface area is 173 Å². The lowest BCUT2D eigenvalue weighted by molar-refractivity contribution is 0.283. The van der Waals surface area contributed by atoms with Gasteiger partial charge < -0.3 is 14.4 Å². The van der Waals surface area contributed by atoms with Crippen molar-refractivity contribution < 1.29 is 9.84 Å². The SMILES string of the molecule is OCc1cn(Cc2ccc(Cl)c(Cl)c2)c2ccc(OCc3ccccc3)cc12. The molecule has 0 spiro atoms. The van der Waals surface area contributed by atoms with Gasteiger partial charge in [0.1, 0.15) is 12.4 Å². The smallest absolute Gasteiger partial charge is 0.120 e.